The van der Waals surface area contributed by atoms with Crippen molar-refractivity contribution in [2.45, 2.75) is 36.8 Å². The fourth-order valence-electron chi connectivity index (χ4n) is 1.51. The molecule has 0 radical (unpaired) electrons. The van der Waals surface area contributed by atoms with Crippen molar-refractivity contribution in [2.75, 3.05) is 13.2 Å². The van der Waals surface area contributed by atoms with Crippen molar-refractivity contribution >= 4 is 5.97 Å². The van der Waals surface area contributed by atoms with Gasteiger partial charge in [-0.3, -0.25) is 0 Å². The van der Waals surface area contributed by atoms with Crippen molar-refractivity contribution in [2.24, 2.45) is 0 Å². The van der Waals surface area contributed by atoms with E-state index in [1.807, 2.05) is 0 Å². The highest BCUT2D eigenvalue weighted by molar-refractivity contribution is 5.70. The zero-order chi connectivity index (χ0) is 13.9. The van der Waals surface area contributed by atoms with E-state index in [-0.39, 0.29) is 0 Å². The third-order valence-corrected chi connectivity index (χ3v) is 2.58. The second-order valence-electron chi connectivity index (χ2n) is 3.82. The standard InChI is InChI=1S/C9H16O9/c10-1-3-5(12)6(13)7(14)9(17-3)18-4(2-11)8(15)16/h3-7,9-14H,1-2H2,(H,15,16)/p-1/t3?,4-,5-,6-,7?,9-/m0/s1. The van der Waals surface area contributed by atoms with Crippen LogP contribution in [0.1, 0.15) is 0 Å². The van der Waals surface area contributed by atoms with Gasteiger partial charge in [-0.1, -0.05) is 0 Å². The quantitative estimate of drug-likeness (QED) is 0.328. The normalized spacial score (nSPS) is 38.4. The van der Waals surface area contributed by atoms with Crippen LogP contribution in [-0.4, -0.2) is 81.5 Å². The molecule has 2 unspecified atom stereocenters. The minimum atomic E-state index is -1.76. The molecule has 18 heavy (non-hydrogen) atoms. The monoisotopic (exact) mass is 267 g/mol. The second kappa shape index (κ2) is 6.38. The highest BCUT2D eigenvalue weighted by atomic mass is 16.7. The van der Waals surface area contributed by atoms with Gasteiger partial charge in [0.05, 0.1) is 19.2 Å². The van der Waals surface area contributed by atoms with Crippen LogP contribution in [0.25, 0.3) is 0 Å². The van der Waals surface area contributed by atoms with Crippen LogP contribution < -0.4 is 5.11 Å². The molecule has 1 rings (SSSR count). The summed E-state index contributed by atoms with van der Waals surface area (Å²) in [5.74, 6) is -1.73. The summed E-state index contributed by atoms with van der Waals surface area (Å²) in [5, 5.41) is 56.4. The predicted molar refractivity (Wildman–Crippen MR) is 50.7 cm³/mol. The number of hydrogen-bond donors (Lipinski definition) is 5. The van der Waals surface area contributed by atoms with Crippen LogP contribution in [0, 0.1) is 0 Å². The molecule has 1 saturated heterocycles. The Kier molecular flexibility index (Phi) is 5.41. The molecule has 5 N–H and O–H groups in total. The van der Waals surface area contributed by atoms with E-state index in [0.717, 1.165) is 0 Å². The van der Waals surface area contributed by atoms with Gasteiger partial charge in [0, 0.05) is 0 Å². The number of aliphatic hydroxyl groups is 5. The summed E-state index contributed by atoms with van der Waals surface area (Å²) in [5.41, 5.74) is 0. The lowest BCUT2D eigenvalue weighted by atomic mass is 9.99. The molecule has 0 aromatic rings. The molecule has 0 amide bonds. The van der Waals surface area contributed by atoms with Crippen LogP contribution >= 0.6 is 0 Å². The van der Waals surface area contributed by atoms with E-state index in [0.29, 0.717) is 0 Å². The van der Waals surface area contributed by atoms with Crippen molar-refractivity contribution < 1.29 is 44.9 Å². The number of hydrogen-bond acceptors (Lipinski definition) is 9. The Morgan fingerprint density at radius 2 is 1.83 bits per heavy atom. The average Bonchev–Trinajstić information content (AvgIpc) is 2.35. The van der Waals surface area contributed by atoms with E-state index in [1.165, 1.54) is 0 Å². The summed E-state index contributed by atoms with van der Waals surface area (Å²) in [6.07, 6.45) is -9.56. The van der Waals surface area contributed by atoms with Crippen LogP contribution in [0.3, 0.4) is 0 Å². The zero-order valence-electron chi connectivity index (χ0n) is 9.25. The zero-order valence-corrected chi connectivity index (χ0v) is 9.25. The smallest absolute Gasteiger partial charge is 0.187 e. The van der Waals surface area contributed by atoms with Crippen molar-refractivity contribution in [1.29, 1.82) is 0 Å². The van der Waals surface area contributed by atoms with E-state index in [1.54, 1.807) is 0 Å². The molecule has 0 spiro atoms. The van der Waals surface area contributed by atoms with Gasteiger partial charge in [0.25, 0.3) is 0 Å². The summed E-state index contributed by atoms with van der Waals surface area (Å²) < 4.78 is 9.58. The topological polar surface area (TPSA) is 160 Å². The molecule has 0 aromatic heterocycles. The summed E-state index contributed by atoms with van der Waals surface area (Å²) in [6, 6.07) is 0. The first-order chi connectivity index (χ1) is 8.42. The van der Waals surface area contributed by atoms with E-state index in [2.05, 4.69) is 0 Å². The Hall–Kier alpha value is -0.810. The third kappa shape index (κ3) is 3.14. The molecule has 0 aliphatic carbocycles. The van der Waals surface area contributed by atoms with Crippen LogP contribution in [0.15, 0.2) is 0 Å². The van der Waals surface area contributed by atoms with Gasteiger partial charge in [-0.05, 0) is 0 Å². The number of carbonyl (C=O) groups is 1. The lowest BCUT2D eigenvalue weighted by molar-refractivity contribution is -0.344. The first-order valence-electron chi connectivity index (χ1n) is 5.20. The first-order valence-corrected chi connectivity index (χ1v) is 5.20. The second-order valence-corrected chi connectivity index (χ2v) is 3.82. The van der Waals surface area contributed by atoms with E-state index in [4.69, 9.17) is 19.7 Å². The van der Waals surface area contributed by atoms with Gasteiger partial charge in [-0.25, -0.2) is 0 Å². The maximum absolute atomic E-state index is 10.5. The minimum Gasteiger partial charge on any atom is -0.547 e. The van der Waals surface area contributed by atoms with Gasteiger partial charge in [0.15, 0.2) is 6.29 Å². The molecule has 9 nitrogen and oxygen atoms in total. The number of aliphatic carboxylic acids is 1. The van der Waals surface area contributed by atoms with E-state index < -0.39 is 56.0 Å². The molecular weight excluding hydrogens is 252 g/mol. The molecular formula is C9H15O9-. The van der Waals surface area contributed by atoms with E-state index >= 15 is 0 Å². The lowest BCUT2D eigenvalue weighted by Gasteiger charge is -2.40. The molecule has 0 bridgehead atoms. The maximum Gasteiger partial charge on any atom is 0.187 e. The average molecular weight is 267 g/mol. The van der Waals surface area contributed by atoms with Crippen molar-refractivity contribution in [3.05, 3.63) is 0 Å². The molecule has 6 atom stereocenters. The number of rotatable bonds is 5. The van der Waals surface area contributed by atoms with E-state index in [9.17, 15) is 25.2 Å². The van der Waals surface area contributed by atoms with Gasteiger partial charge in [-0.15, -0.1) is 0 Å². The molecule has 1 heterocycles. The van der Waals surface area contributed by atoms with Crippen LogP contribution in [0.2, 0.25) is 0 Å². The van der Waals surface area contributed by atoms with Gasteiger partial charge < -0.3 is 44.9 Å². The van der Waals surface area contributed by atoms with Gasteiger partial charge >= 0.3 is 0 Å². The highest BCUT2D eigenvalue weighted by Gasteiger charge is 2.44. The minimum absolute atomic E-state index is 0.667. The molecule has 106 valence electrons. The maximum atomic E-state index is 10.5. The fourth-order valence-corrected chi connectivity index (χ4v) is 1.51. The van der Waals surface area contributed by atoms with Crippen LogP contribution in [0.5, 0.6) is 0 Å². The van der Waals surface area contributed by atoms with Crippen molar-refractivity contribution in [3.8, 4) is 0 Å². The molecule has 1 fully saturated rings. The number of carboxylic acid groups (broad SMARTS) is 1. The summed E-state index contributed by atoms with van der Waals surface area (Å²) in [4.78, 5) is 10.5. The lowest BCUT2D eigenvalue weighted by Crippen LogP contribution is -2.60. The Morgan fingerprint density at radius 3 is 2.28 bits per heavy atom. The van der Waals surface area contributed by atoms with Gasteiger partial charge in [0.2, 0.25) is 0 Å². The van der Waals surface area contributed by atoms with Gasteiger partial charge in [-0.2, -0.15) is 0 Å². The Bertz CT molecular complexity index is 281. The summed E-state index contributed by atoms with van der Waals surface area (Å²) in [6.45, 7) is -1.59. The molecule has 1 aliphatic heterocycles. The molecule has 0 saturated carbocycles. The van der Waals surface area contributed by atoms with Crippen molar-refractivity contribution in [3.63, 3.8) is 0 Å². The number of carboxylic acids is 1. The Labute approximate surface area is 102 Å². The fraction of sp³-hybridized carbons (Fsp3) is 0.889. The molecule has 1 aliphatic rings. The summed E-state index contributed by atoms with van der Waals surface area (Å²) >= 11 is 0. The number of carbonyl (C=O) groups excluding carboxylic acids is 1. The third-order valence-electron chi connectivity index (χ3n) is 2.58. The summed E-state index contributed by atoms with van der Waals surface area (Å²) in [7, 11) is 0. The Balaban J connectivity index is 2.72. The molecule has 0 aromatic carbocycles. The SMILES string of the molecule is O=C([O-])[C@H](CO)O[C@@H]1OC(CO)[C@H](O)[C@H](O)C1O. The number of ether oxygens (including phenoxy) is 2. The largest absolute Gasteiger partial charge is 0.547 e. The molecule has 9 heteroatoms. The van der Waals surface area contributed by atoms with Crippen molar-refractivity contribution in [1.82, 2.24) is 0 Å². The van der Waals surface area contributed by atoms with Crippen LogP contribution in [0.4, 0.5) is 0 Å². The predicted octanol–water partition coefficient (Wildman–Crippen LogP) is -5.09. The van der Waals surface area contributed by atoms with Crippen LogP contribution in [-0.2, 0) is 14.3 Å². The first kappa shape index (κ1) is 15.2. The van der Waals surface area contributed by atoms with Gasteiger partial charge in [0.1, 0.15) is 30.5 Å². The Morgan fingerprint density at radius 1 is 1.22 bits per heavy atom. The highest BCUT2D eigenvalue weighted by Crippen LogP contribution is 2.22. The number of aliphatic hydroxyl groups excluding tert-OH is 5.